The summed E-state index contributed by atoms with van der Waals surface area (Å²) in [5, 5.41) is 9.30. The summed E-state index contributed by atoms with van der Waals surface area (Å²) in [6.45, 7) is 3.60. The van der Waals surface area contributed by atoms with Crippen molar-refractivity contribution >= 4 is 18.2 Å². The lowest BCUT2D eigenvalue weighted by Crippen LogP contribution is -2.07. The van der Waals surface area contributed by atoms with Crippen molar-refractivity contribution in [1.82, 2.24) is 9.97 Å². The van der Waals surface area contributed by atoms with Crippen LogP contribution >= 0.6 is 12.2 Å². The monoisotopic (exact) mass is 260 g/mol. The standard InChI is InChI=1S/C13H12N2O2S/c1-7-5-3-4-6-9(7)11-10(12(16)17)8(2)14-13(18)15-11/h3-6H,1-2H3,(H,16,17)(H,14,15,18). The first-order valence-electron chi connectivity index (χ1n) is 5.41. The van der Waals surface area contributed by atoms with Crippen LogP contribution in [0, 0.1) is 18.6 Å². The molecule has 92 valence electrons. The molecule has 1 heterocycles. The highest BCUT2D eigenvalue weighted by molar-refractivity contribution is 7.71. The van der Waals surface area contributed by atoms with E-state index in [4.69, 9.17) is 12.2 Å². The molecule has 5 heteroatoms. The van der Waals surface area contributed by atoms with Gasteiger partial charge in [0.2, 0.25) is 0 Å². The van der Waals surface area contributed by atoms with Gasteiger partial charge in [-0.05, 0) is 31.6 Å². The maximum absolute atomic E-state index is 11.3. The summed E-state index contributed by atoms with van der Waals surface area (Å²) >= 11 is 5.02. The number of H-pyrrole nitrogens is 1. The number of aryl methyl sites for hydroxylation is 2. The van der Waals surface area contributed by atoms with Gasteiger partial charge in [0.1, 0.15) is 5.56 Å². The second-order valence-electron chi connectivity index (χ2n) is 4.01. The maximum atomic E-state index is 11.3. The zero-order valence-corrected chi connectivity index (χ0v) is 10.8. The van der Waals surface area contributed by atoms with Gasteiger partial charge in [0.05, 0.1) is 5.69 Å². The first-order chi connectivity index (χ1) is 8.50. The minimum absolute atomic E-state index is 0.165. The van der Waals surface area contributed by atoms with Crippen LogP contribution in [0.1, 0.15) is 21.6 Å². The average molecular weight is 260 g/mol. The number of nitrogens with zero attached hydrogens (tertiary/aromatic N) is 1. The molecule has 1 aromatic heterocycles. The molecule has 0 saturated heterocycles. The van der Waals surface area contributed by atoms with E-state index in [0.29, 0.717) is 11.4 Å². The molecule has 18 heavy (non-hydrogen) atoms. The average Bonchev–Trinajstić information content (AvgIpc) is 2.27. The van der Waals surface area contributed by atoms with Gasteiger partial charge in [-0.15, -0.1) is 0 Å². The molecule has 0 aliphatic rings. The van der Waals surface area contributed by atoms with E-state index in [2.05, 4.69) is 9.97 Å². The Bertz CT molecular complexity index is 677. The number of nitrogens with one attached hydrogen (secondary N) is 1. The van der Waals surface area contributed by atoms with Crippen molar-refractivity contribution in [1.29, 1.82) is 0 Å². The second-order valence-corrected chi connectivity index (χ2v) is 4.40. The summed E-state index contributed by atoms with van der Waals surface area (Å²) in [7, 11) is 0. The number of rotatable bonds is 2. The Hall–Kier alpha value is -2.01. The van der Waals surface area contributed by atoms with E-state index < -0.39 is 5.97 Å². The first-order valence-corrected chi connectivity index (χ1v) is 5.81. The molecule has 0 amide bonds. The van der Waals surface area contributed by atoms with Crippen molar-refractivity contribution in [3.63, 3.8) is 0 Å². The summed E-state index contributed by atoms with van der Waals surface area (Å²) in [6.07, 6.45) is 0. The number of carbonyl (C=O) groups is 1. The number of aromatic carboxylic acids is 1. The molecular formula is C13H12N2O2S. The van der Waals surface area contributed by atoms with E-state index in [0.717, 1.165) is 11.1 Å². The quantitative estimate of drug-likeness (QED) is 0.814. The zero-order chi connectivity index (χ0) is 13.3. The van der Waals surface area contributed by atoms with Crippen LogP contribution in [0.4, 0.5) is 0 Å². The van der Waals surface area contributed by atoms with E-state index in [9.17, 15) is 9.90 Å². The van der Waals surface area contributed by atoms with Gasteiger partial charge in [-0.25, -0.2) is 9.78 Å². The van der Waals surface area contributed by atoms with Crippen molar-refractivity contribution in [2.24, 2.45) is 0 Å². The predicted octanol–water partition coefficient (Wildman–Crippen LogP) is 3.12. The lowest BCUT2D eigenvalue weighted by molar-refractivity contribution is 0.0696. The van der Waals surface area contributed by atoms with Crippen LogP contribution in [-0.4, -0.2) is 21.0 Å². The van der Waals surface area contributed by atoms with Crippen LogP contribution in [-0.2, 0) is 0 Å². The lowest BCUT2D eigenvalue weighted by Gasteiger charge is -2.10. The van der Waals surface area contributed by atoms with E-state index >= 15 is 0 Å². The third-order valence-corrected chi connectivity index (χ3v) is 2.93. The van der Waals surface area contributed by atoms with Crippen LogP contribution in [0.3, 0.4) is 0 Å². The number of aromatic amines is 1. The molecule has 0 radical (unpaired) electrons. The SMILES string of the molecule is Cc1ccccc1-c1nc(=S)[nH]c(C)c1C(=O)O. The Balaban J connectivity index is 2.82. The highest BCUT2D eigenvalue weighted by Crippen LogP contribution is 2.25. The van der Waals surface area contributed by atoms with Gasteiger partial charge in [0.15, 0.2) is 4.77 Å². The predicted molar refractivity (Wildman–Crippen MR) is 71.3 cm³/mol. The fourth-order valence-corrected chi connectivity index (χ4v) is 2.13. The fraction of sp³-hybridized carbons (Fsp3) is 0.154. The molecule has 2 rings (SSSR count). The summed E-state index contributed by atoms with van der Waals surface area (Å²) in [5.41, 5.74) is 2.85. The largest absolute Gasteiger partial charge is 0.478 e. The molecule has 1 aromatic carbocycles. The topological polar surface area (TPSA) is 66.0 Å². The first kappa shape index (κ1) is 12.4. The fourth-order valence-electron chi connectivity index (χ4n) is 1.88. The summed E-state index contributed by atoms with van der Waals surface area (Å²) in [6, 6.07) is 7.51. The number of hydrogen-bond donors (Lipinski definition) is 2. The molecule has 0 bridgehead atoms. The minimum Gasteiger partial charge on any atom is -0.478 e. The van der Waals surface area contributed by atoms with Crippen LogP contribution in [0.15, 0.2) is 24.3 Å². The van der Waals surface area contributed by atoms with Crippen LogP contribution in [0.2, 0.25) is 0 Å². The van der Waals surface area contributed by atoms with Crippen LogP contribution < -0.4 is 0 Å². The molecule has 0 aliphatic heterocycles. The van der Waals surface area contributed by atoms with Gasteiger partial charge < -0.3 is 10.1 Å². The van der Waals surface area contributed by atoms with Crippen LogP contribution in [0.25, 0.3) is 11.3 Å². The van der Waals surface area contributed by atoms with E-state index in [1.54, 1.807) is 6.92 Å². The molecule has 0 spiro atoms. The molecule has 0 atom stereocenters. The number of carboxylic acid groups (broad SMARTS) is 1. The zero-order valence-electron chi connectivity index (χ0n) is 10.0. The van der Waals surface area contributed by atoms with Gasteiger partial charge in [0.25, 0.3) is 0 Å². The Labute approximate surface area is 109 Å². The minimum atomic E-state index is -1.01. The Morgan fingerprint density at radius 3 is 2.61 bits per heavy atom. The molecule has 0 saturated carbocycles. The molecule has 0 fully saturated rings. The van der Waals surface area contributed by atoms with Gasteiger partial charge in [0, 0.05) is 11.3 Å². The van der Waals surface area contributed by atoms with E-state index in [1.165, 1.54) is 0 Å². The molecular weight excluding hydrogens is 248 g/mol. The van der Waals surface area contributed by atoms with Crippen molar-refractivity contribution in [2.75, 3.05) is 0 Å². The van der Waals surface area contributed by atoms with Crippen molar-refractivity contribution in [3.8, 4) is 11.3 Å². The number of aromatic nitrogens is 2. The molecule has 2 aromatic rings. The summed E-state index contributed by atoms with van der Waals surface area (Å²) < 4.78 is 0.288. The van der Waals surface area contributed by atoms with Gasteiger partial charge in [-0.1, -0.05) is 24.3 Å². The number of hydrogen-bond acceptors (Lipinski definition) is 3. The number of carboxylic acids is 1. The smallest absolute Gasteiger partial charge is 0.339 e. The Morgan fingerprint density at radius 1 is 1.33 bits per heavy atom. The molecule has 2 N–H and O–H groups in total. The van der Waals surface area contributed by atoms with Crippen LogP contribution in [0.5, 0.6) is 0 Å². The molecule has 0 unspecified atom stereocenters. The van der Waals surface area contributed by atoms with Crippen molar-refractivity contribution < 1.29 is 9.90 Å². The summed E-state index contributed by atoms with van der Waals surface area (Å²) in [4.78, 5) is 18.3. The van der Waals surface area contributed by atoms with Gasteiger partial charge >= 0.3 is 5.97 Å². The lowest BCUT2D eigenvalue weighted by atomic mass is 10.0. The van der Waals surface area contributed by atoms with E-state index in [1.807, 2.05) is 31.2 Å². The molecule has 4 nitrogen and oxygen atoms in total. The Morgan fingerprint density at radius 2 is 2.00 bits per heavy atom. The normalized spacial score (nSPS) is 10.3. The van der Waals surface area contributed by atoms with Gasteiger partial charge in [-0.2, -0.15) is 0 Å². The second kappa shape index (κ2) is 4.70. The molecule has 0 aliphatic carbocycles. The third-order valence-electron chi connectivity index (χ3n) is 2.73. The number of benzene rings is 1. The summed E-state index contributed by atoms with van der Waals surface area (Å²) in [5.74, 6) is -1.01. The van der Waals surface area contributed by atoms with Gasteiger partial charge in [-0.3, -0.25) is 0 Å². The Kier molecular flexibility index (Phi) is 3.25. The highest BCUT2D eigenvalue weighted by Gasteiger charge is 2.18. The van der Waals surface area contributed by atoms with E-state index in [-0.39, 0.29) is 10.3 Å². The highest BCUT2D eigenvalue weighted by atomic mass is 32.1. The van der Waals surface area contributed by atoms with Crippen molar-refractivity contribution in [2.45, 2.75) is 13.8 Å². The van der Waals surface area contributed by atoms with Crippen molar-refractivity contribution in [3.05, 3.63) is 45.9 Å². The third kappa shape index (κ3) is 2.17. The maximum Gasteiger partial charge on any atom is 0.339 e.